The van der Waals surface area contributed by atoms with Crippen LogP contribution in [0.15, 0.2) is 48.5 Å². The van der Waals surface area contributed by atoms with Gasteiger partial charge >= 0.3 is 0 Å². The fourth-order valence-corrected chi connectivity index (χ4v) is 3.91. The van der Waals surface area contributed by atoms with E-state index in [1.807, 2.05) is 28.0 Å². The van der Waals surface area contributed by atoms with Gasteiger partial charge < -0.3 is 15.5 Å². The predicted molar refractivity (Wildman–Crippen MR) is 124 cm³/mol. The lowest BCUT2D eigenvalue weighted by Crippen LogP contribution is -2.50. The summed E-state index contributed by atoms with van der Waals surface area (Å²) in [5.74, 6) is -0.203. The Kier molecular flexibility index (Phi) is 7.07. The second kappa shape index (κ2) is 10.1. The van der Waals surface area contributed by atoms with E-state index in [1.165, 1.54) is 0 Å². The van der Waals surface area contributed by atoms with Crippen molar-refractivity contribution < 1.29 is 14.4 Å². The van der Waals surface area contributed by atoms with E-state index < -0.39 is 0 Å². The molecule has 4 rings (SSSR count). The number of amides is 3. The number of halogens is 1. The van der Waals surface area contributed by atoms with Gasteiger partial charge in [0.1, 0.15) is 0 Å². The lowest BCUT2D eigenvalue weighted by Gasteiger charge is -2.34. The average Bonchev–Trinajstić information content (AvgIpc) is 3.60. The van der Waals surface area contributed by atoms with Crippen molar-refractivity contribution in [3.05, 3.63) is 64.7 Å². The summed E-state index contributed by atoms with van der Waals surface area (Å²) < 4.78 is 0. The van der Waals surface area contributed by atoms with Crippen LogP contribution in [-0.4, -0.2) is 66.3 Å². The van der Waals surface area contributed by atoms with E-state index in [-0.39, 0.29) is 36.7 Å². The number of benzene rings is 2. The minimum atomic E-state index is -0.138. The van der Waals surface area contributed by atoms with Crippen LogP contribution in [0.2, 0.25) is 5.02 Å². The van der Waals surface area contributed by atoms with E-state index in [0.717, 1.165) is 18.4 Å². The molecule has 2 aromatic carbocycles. The number of rotatable bonds is 7. The molecule has 2 aliphatic rings. The smallest absolute Gasteiger partial charge is 0.251 e. The van der Waals surface area contributed by atoms with Gasteiger partial charge in [0, 0.05) is 48.5 Å². The molecular weight excluding hydrogens is 428 g/mol. The fraction of sp³-hybridized carbons (Fsp3) is 0.375. The van der Waals surface area contributed by atoms with E-state index in [9.17, 15) is 14.4 Å². The molecule has 168 valence electrons. The van der Waals surface area contributed by atoms with Gasteiger partial charge in [-0.25, -0.2) is 0 Å². The van der Waals surface area contributed by atoms with Crippen molar-refractivity contribution in [1.29, 1.82) is 0 Å². The van der Waals surface area contributed by atoms with Crippen LogP contribution in [0.25, 0.3) is 0 Å². The molecule has 0 atom stereocenters. The summed E-state index contributed by atoms with van der Waals surface area (Å²) >= 11 is 6.16. The van der Waals surface area contributed by atoms with E-state index in [4.69, 9.17) is 11.6 Å². The zero-order chi connectivity index (χ0) is 22.5. The Morgan fingerprint density at radius 1 is 0.969 bits per heavy atom. The number of hydrogen-bond donors (Lipinski definition) is 2. The highest BCUT2D eigenvalue weighted by atomic mass is 35.5. The summed E-state index contributed by atoms with van der Waals surface area (Å²) in [6, 6.07) is 14.6. The third kappa shape index (κ3) is 6.08. The molecule has 8 heteroatoms. The Labute approximate surface area is 192 Å². The van der Waals surface area contributed by atoms with Crippen molar-refractivity contribution in [1.82, 2.24) is 15.1 Å². The maximum Gasteiger partial charge on any atom is 0.251 e. The SMILES string of the molecule is O=C(CN1CCN(C(=O)Cc2ccccc2Cl)CC1)Nc1cccc(C(=O)NC2CC2)c1. The summed E-state index contributed by atoms with van der Waals surface area (Å²) in [5.41, 5.74) is 1.97. The molecule has 3 amide bonds. The minimum absolute atomic E-state index is 0.0449. The highest BCUT2D eigenvalue weighted by molar-refractivity contribution is 6.31. The van der Waals surface area contributed by atoms with Gasteiger partial charge in [-0.05, 0) is 42.7 Å². The molecule has 0 spiro atoms. The Bertz CT molecular complexity index is 1000. The van der Waals surface area contributed by atoms with Crippen LogP contribution < -0.4 is 10.6 Å². The number of nitrogens with one attached hydrogen (secondary N) is 2. The summed E-state index contributed by atoms with van der Waals surface area (Å²) in [7, 11) is 0. The van der Waals surface area contributed by atoms with Crippen molar-refractivity contribution in [3.63, 3.8) is 0 Å². The first-order chi connectivity index (χ1) is 15.5. The Hall–Kier alpha value is -2.90. The van der Waals surface area contributed by atoms with Crippen LogP contribution in [0.1, 0.15) is 28.8 Å². The number of hydrogen-bond acceptors (Lipinski definition) is 4. The van der Waals surface area contributed by atoms with Crippen molar-refractivity contribution in [2.24, 2.45) is 0 Å². The van der Waals surface area contributed by atoms with Crippen LogP contribution >= 0.6 is 11.6 Å². The van der Waals surface area contributed by atoms with E-state index >= 15 is 0 Å². The molecule has 0 radical (unpaired) electrons. The van der Waals surface area contributed by atoms with Gasteiger partial charge in [0.05, 0.1) is 13.0 Å². The normalized spacial score (nSPS) is 16.5. The van der Waals surface area contributed by atoms with Gasteiger partial charge in [-0.1, -0.05) is 35.9 Å². The molecule has 2 aromatic rings. The van der Waals surface area contributed by atoms with Gasteiger partial charge in [-0.15, -0.1) is 0 Å². The zero-order valence-electron chi connectivity index (χ0n) is 17.9. The molecule has 0 unspecified atom stereocenters. The number of carbonyl (C=O) groups excluding carboxylic acids is 3. The lowest BCUT2D eigenvalue weighted by atomic mass is 10.1. The molecule has 7 nitrogen and oxygen atoms in total. The van der Waals surface area contributed by atoms with Crippen molar-refractivity contribution >= 4 is 35.0 Å². The third-order valence-corrected chi connectivity index (χ3v) is 6.08. The summed E-state index contributed by atoms with van der Waals surface area (Å²) in [5, 5.41) is 6.42. The first-order valence-electron chi connectivity index (χ1n) is 10.9. The predicted octanol–water partition coefficient (Wildman–Crippen LogP) is 2.56. The topological polar surface area (TPSA) is 81.8 Å². The molecule has 2 fully saturated rings. The molecule has 1 saturated carbocycles. The maximum atomic E-state index is 12.6. The lowest BCUT2D eigenvalue weighted by molar-refractivity contribution is -0.132. The van der Waals surface area contributed by atoms with Crippen LogP contribution in [-0.2, 0) is 16.0 Å². The van der Waals surface area contributed by atoms with Gasteiger partial charge in [0.15, 0.2) is 0 Å². The molecule has 1 aliphatic carbocycles. The summed E-state index contributed by atoms with van der Waals surface area (Å²) in [6.07, 6.45) is 2.34. The molecule has 1 saturated heterocycles. The quantitative estimate of drug-likeness (QED) is 0.673. The first-order valence-corrected chi connectivity index (χ1v) is 11.3. The highest BCUT2D eigenvalue weighted by Crippen LogP contribution is 2.20. The molecule has 1 aliphatic heterocycles. The molecular formula is C24H27ClN4O3. The zero-order valence-corrected chi connectivity index (χ0v) is 18.6. The second-order valence-electron chi connectivity index (χ2n) is 8.30. The van der Waals surface area contributed by atoms with Crippen LogP contribution in [0.3, 0.4) is 0 Å². The Morgan fingerprint density at radius 3 is 2.44 bits per heavy atom. The number of nitrogens with zero attached hydrogens (tertiary/aromatic N) is 2. The minimum Gasteiger partial charge on any atom is -0.349 e. The van der Waals surface area contributed by atoms with E-state index in [1.54, 1.807) is 30.3 Å². The average molecular weight is 455 g/mol. The Balaban J connectivity index is 1.23. The number of carbonyl (C=O) groups is 3. The maximum absolute atomic E-state index is 12.6. The summed E-state index contributed by atoms with van der Waals surface area (Å²) in [6.45, 7) is 2.66. The monoisotopic (exact) mass is 454 g/mol. The molecule has 32 heavy (non-hydrogen) atoms. The highest BCUT2D eigenvalue weighted by Gasteiger charge is 2.25. The molecule has 2 N–H and O–H groups in total. The van der Waals surface area contributed by atoms with Gasteiger partial charge in [-0.3, -0.25) is 19.3 Å². The number of piperazine rings is 1. The van der Waals surface area contributed by atoms with E-state index in [0.29, 0.717) is 42.5 Å². The number of anilines is 1. The van der Waals surface area contributed by atoms with Crippen molar-refractivity contribution in [2.45, 2.75) is 25.3 Å². The largest absolute Gasteiger partial charge is 0.349 e. The van der Waals surface area contributed by atoms with Crippen molar-refractivity contribution in [3.8, 4) is 0 Å². The van der Waals surface area contributed by atoms with Gasteiger partial charge in [0.2, 0.25) is 11.8 Å². The van der Waals surface area contributed by atoms with Gasteiger partial charge in [-0.2, -0.15) is 0 Å². The van der Waals surface area contributed by atoms with E-state index in [2.05, 4.69) is 10.6 Å². The van der Waals surface area contributed by atoms with Crippen LogP contribution in [0.4, 0.5) is 5.69 Å². The third-order valence-electron chi connectivity index (χ3n) is 5.71. The molecule has 0 bridgehead atoms. The second-order valence-corrected chi connectivity index (χ2v) is 8.71. The molecule has 0 aromatic heterocycles. The summed E-state index contributed by atoms with van der Waals surface area (Å²) in [4.78, 5) is 41.1. The Morgan fingerprint density at radius 2 is 1.72 bits per heavy atom. The van der Waals surface area contributed by atoms with Crippen LogP contribution in [0.5, 0.6) is 0 Å². The molecule has 1 heterocycles. The van der Waals surface area contributed by atoms with Crippen molar-refractivity contribution in [2.75, 3.05) is 38.0 Å². The van der Waals surface area contributed by atoms with Gasteiger partial charge in [0.25, 0.3) is 5.91 Å². The van der Waals surface area contributed by atoms with Crippen LogP contribution in [0, 0.1) is 0 Å². The fourth-order valence-electron chi connectivity index (χ4n) is 3.71. The standard InChI is InChI=1S/C24H27ClN4O3/c25-21-7-2-1-4-17(21)15-23(31)29-12-10-28(11-13-29)16-22(30)26-20-6-3-5-18(14-20)24(32)27-19-8-9-19/h1-7,14,19H,8-13,15-16H2,(H,26,30)(H,27,32). The first kappa shape index (κ1) is 22.3.